The van der Waals surface area contributed by atoms with Crippen LogP contribution in [0, 0.1) is 11.8 Å². The van der Waals surface area contributed by atoms with Gasteiger partial charge in [-0.3, -0.25) is 28.8 Å². The zero-order valence-electron chi connectivity index (χ0n) is 37.2. The lowest BCUT2D eigenvalue weighted by molar-refractivity contribution is -0.155. The second-order valence-corrected chi connectivity index (χ2v) is 17.5. The third-order valence-electron chi connectivity index (χ3n) is 11.3. The number of rotatable bonds is 20. The number of carbonyl (C=O) groups is 7. The molecule has 0 aromatic rings. The number of nitrogens with one attached hydrogen (secondary N) is 4. The Morgan fingerprint density at radius 3 is 1.48 bits per heavy atom. The van der Waals surface area contributed by atoms with Crippen LogP contribution in [-0.2, 0) is 47.8 Å². The first-order valence-corrected chi connectivity index (χ1v) is 22.9. The van der Waals surface area contributed by atoms with Gasteiger partial charge in [-0.05, 0) is 50.4 Å². The Bertz CT molecular complexity index is 1370. The highest BCUT2D eigenvalue weighted by Crippen LogP contribution is 2.18. The van der Waals surface area contributed by atoms with Crippen LogP contribution in [0.15, 0.2) is 0 Å². The Morgan fingerprint density at radius 1 is 0.567 bits per heavy atom. The third kappa shape index (κ3) is 19.3. The largest absolute Gasteiger partial charge is 0.460 e. The van der Waals surface area contributed by atoms with E-state index in [9.17, 15) is 33.6 Å². The molecular weight excluding hydrogens is 773 g/mol. The smallest absolute Gasteiger partial charge is 0.328 e. The number of nitrogens with zero attached hydrogens (tertiary/aromatic N) is 2. The number of hydrogen-bond acceptors (Lipinski definition) is 10. The number of hydrogen-bond donors (Lipinski definition) is 4. The summed E-state index contributed by atoms with van der Waals surface area (Å²) in [6.07, 6.45) is 9.35. The average Bonchev–Trinajstić information content (AvgIpc) is 3.22. The monoisotopic (exact) mass is 849 g/mol. The van der Waals surface area contributed by atoms with E-state index in [1.54, 1.807) is 9.80 Å². The molecule has 16 heteroatoms. The van der Waals surface area contributed by atoms with Gasteiger partial charge in [-0.1, -0.05) is 86.0 Å². The molecule has 3 aliphatic heterocycles. The number of cyclic esters (lactones) is 1. The zero-order valence-corrected chi connectivity index (χ0v) is 37.2. The summed E-state index contributed by atoms with van der Waals surface area (Å²) in [4.78, 5) is 99.8. The first kappa shape index (κ1) is 50.6. The molecule has 0 aromatic heterocycles. The maximum Gasteiger partial charge on any atom is 0.328 e. The molecule has 0 aliphatic carbocycles. The molecule has 3 saturated heterocycles. The maximum atomic E-state index is 14.2. The Hall–Kier alpha value is -3.79. The highest BCUT2D eigenvalue weighted by atomic mass is 16.5. The second kappa shape index (κ2) is 27.9. The minimum atomic E-state index is -1.26. The van der Waals surface area contributed by atoms with Crippen molar-refractivity contribution in [2.24, 2.45) is 11.8 Å². The molecule has 0 aromatic carbocycles. The molecule has 5 atom stereocenters. The van der Waals surface area contributed by atoms with Crippen molar-refractivity contribution in [2.75, 3.05) is 52.6 Å². The van der Waals surface area contributed by atoms with Gasteiger partial charge in [0, 0.05) is 39.0 Å². The summed E-state index contributed by atoms with van der Waals surface area (Å²) in [5, 5.41) is 11.2. The highest BCUT2D eigenvalue weighted by molar-refractivity contribution is 5.96. The molecular formula is C44H76N6O10. The maximum absolute atomic E-state index is 14.2. The van der Waals surface area contributed by atoms with Gasteiger partial charge < -0.3 is 45.3 Å². The van der Waals surface area contributed by atoms with Gasteiger partial charge in [0.05, 0.1) is 32.8 Å². The van der Waals surface area contributed by atoms with Crippen molar-refractivity contribution in [3.8, 4) is 0 Å². The minimum Gasteiger partial charge on any atom is -0.460 e. The molecule has 0 spiro atoms. The first-order valence-electron chi connectivity index (χ1n) is 22.9. The van der Waals surface area contributed by atoms with Gasteiger partial charge in [0.25, 0.3) is 0 Å². The summed E-state index contributed by atoms with van der Waals surface area (Å²) in [5.41, 5.74) is 0. The Kier molecular flexibility index (Phi) is 23.5. The van der Waals surface area contributed by atoms with Crippen LogP contribution < -0.4 is 21.3 Å². The van der Waals surface area contributed by atoms with E-state index in [-0.39, 0.29) is 68.6 Å². The van der Waals surface area contributed by atoms with Gasteiger partial charge in [0.15, 0.2) is 0 Å². The molecule has 3 fully saturated rings. The second-order valence-electron chi connectivity index (χ2n) is 17.5. The molecule has 342 valence electrons. The molecule has 0 saturated carbocycles. The Balaban J connectivity index is 1.92. The van der Waals surface area contributed by atoms with Crippen molar-refractivity contribution in [3.05, 3.63) is 0 Å². The van der Waals surface area contributed by atoms with E-state index in [4.69, 9.17) is 14.2 Å². The zero-order chi connectivity index (χ0) is 43.9. The number of morpholine rings is 2. The quantitative estimate of drug-likeness (QED) is 0.104. The summed E-state index contributed by atoms with van der Waals surface area (Å²) in [5.74, 6) is -3.65. The predicted molar refractivity (Wildman–Crippen MR) is 226 cm³/mol. The minimum absolute atomic E-state index is 0.00446. The average molecular weight is 849 g/mol. The fraction of sp³-hybridized carbons (Fsp3) is 0.841. The standard InChI is InChI=1S/C44H76N6O10/c1-6-7-8-9-10-11-12-13-14-15-33-30-38(51)45-34(16-18-39(52)49-20-24-58-25-21-49)41(54)46-35(17-19-40(53)50-22-26-59-27-23-50)42(55)47-36(28-31(2)3)43(56)48-37(29-32(4)5)44(57)60-33/h31-37H,6-30H2,1-5H3,(H,45,51)(H,46,54)(H,47,55)(H,48,56)/t33-,34+,35+,36-,37+/m1/s1. The van der Waals surface area contributed by atoms with Crippen molar-refractivity contribution in [3.63, 3.8) is 0 Å². The summed E-state index contributed by atoms with van der Waals surface area (Å²) in [7, 11) is 0. The van der Waals surface area contributed by atoms with Gasteiger partial charge in [-0.15, -0.1) is 0 Å². The summed E-state index contributed by atoms with van der Waals surface area (Å²) < 4.78 is 16.8. The lowest BCUT2D eigenvalue weighted by Gasteiger charge is -2.30. The molecule has 0 radical (unpaired) electrons. The fourth-order valence-corrected chi connectivity index (χ4v) is 7.81. The van der Waals surface area contributed by atoms with Crippen LogP contribution in [0.1, 0.15) is 144 Å². The van der Waals surface area contributed by atoms with Crippen molar-refractivity contribution in [2.45, 2.75) is 174 Å². The number of amides is 6. The molecule has 6 amide bonds. The van der Waals surface area contributed by atoms with Gasteiger partial charge in [0.1, 0.15) is 30.3 Å². The number of esters is 1. The highest BCUT2D eigenvalue weighted by Gasteiger charge is 2.35. The predicted octanol–water partition coefficient (Wildman–Crippen LogP) is 3.53. The molecule has 16 nitrogen and oxygen atoms in total. The van der Waals surface area contributed by atoms with Crippen molar-refractivity contribution >= 4 is 41.4 Å². The van der Waals surface area contributed by atoms with Gasteiger partial charge in [0.2, 0.25) is 35.4 Å². The van der Waals surface area contributed by atoms with Crippen LogP contribution >= 0.6 is 0 Å². The molecule has 0 unspecified atom stereocenters. The van der Waals surface area contributed by atoms with Crippen molar-refractivity contribution in [1.29, 1.82) is 0 Å². The normalized spacial score (nSPS) is 24.1. The molecule has 4 N–H and O–H groups in total. The SMILES string of the molecule is CCCCCCCCCCC[C@@H]1CC(=O)N[C@@H](CCC(=O)N2CCOCC2)C(=O)N[C@@H](CCC(=O)N2CCOCC2)C(=O)N[C@H](CC(C)C)C(=O)N[C@@H](CC(C)C)C(=O)O1. The van der Waals surface area contributed by atoms with Crippen molar-refractivity contribution in [1.82, 2.24) is 31.1 Å². The van der Waals surface area contributed by atoms with Gasteiger partial charge in [-0.2, -0.15) is 0 Å². The van der Waals surface area contributed by atoms with Crippen LogP contribution in [0.2, 0.25) is 0 Å². The van der Waals surface area contributed by atoms with E-state index in [0.29, 0.717) is 65.4 Å². The topological polar surface area (TPSA) is 202 Å². The van der Waals surface area contributed by atoms with E-state index in [1.807, 2.05) is 27.7 Å². The number of ether oxygens (including phenoxy) is 3. The summed E-state index contributed by atoms with van der Waals surface area (Å²) in [6.45, 7) is 13.1. The van der Waals surface area contributed by atoms with E-state index in [0.717, 1.165) is 25.7 Å². The van der Waals surface area contributed by atoms with E-state index in [1.165, 1.54) is 25.7 Å². The van der Waals surface area contributed by atoms with Gasteiger partial charge in [-0.25, -0.2) is 4.79 Å². The van der Waals surface area contributed by atoms with Crippen molar-refractivity contribution < 1.29 is 47.8 Å². The van der Waals surface area contributed by atoms with Crippen LogP contribution in [-0.4, -0.2) is 134 Å². The molecule has 0 bridgehead atoms. The van der Waals surface area contributed by atoms with Crippen LogP contribution in [0.3, 0.4) is 0 Å². The fourth-order valence-electron chi connectivity index (χ4n) is 7.81. The number of carbonyl (C=O) groups excluding carboxylic acids is 7. The summed E-state index contributed by atoms with van der Waals surface area (Å²) in [6, 6.07) is -4.59. The molecule has 3 aliphatic rings. The Morgan fingerprint density at radius 2 is 0.983 bits per heavy atom. The lowest BCUT2D eigenvalue weighted by atomic mass is 9.99. The molecule has 3 heterocycles. The molecule has 3 rings (SSSR count). The number of unbranched alkanes of at least 4 members (excludes halogenated alkanes) is 8. The molecule has 60 heavy (non-hydrogen) atoms. The third-order valence-corrected chi connectivity index (χ3v) is 11.3. The van der Waals surface area contributed by atoms with E-state index in [2.05, 4.69) is 28.2 Å². The van der Waals surface area contributed by atoms with Crippen LogP contribution in [0.25, 0.3) is 0 Å². The van der Waals surface area contributed by atoms with E-state index >= 15 is 0 Å². The lowest BCUT2D eigenvalue weighted by Crippen LogP contribution is -2.58. The summed E-state index contributed by atoms with van der Waals surface area (Å²) >= 11 is 0. The van der Waals surface area contributed by atoms with Crippen LogP contribution in [0.4, 0.5) is 0 Å². The van der Waals surface area contributed by atoms with E-state index < -0.39 is 59.9 Å². The van der Waals surface area contributed by atoms with Gasteiger partial charge >= 0.3 is 5.97 Å². The Labute approximate surface area is 358 Å². The van der Waals surface area contributed by atoms with Crippen LogP contribution in [0.5, 0.6) is 0 Å². The first-order chi connectivity index (χ1) is 28.8.